The van der Waals surface area contributed by atoms with Crippen LogP contribution in [0, 0.1) is 34.5 Å². The first-order valence-electron chi connectivity index (χ1n) is 9.40. The molecular formula is C20H30O3. The lowest BCUT2D eigenvalue weighted by Gasteiger charge is -2.61. The van der Waals surface area contributed by atoms with Gasteiger partial charge in [0, 0.05) is 11.8 Å². The summed E-state index contributed by atoms with van der Waals surface area (Å²) >= 11 is 0. The van der Waals surface area contributed by atoms with Crippen molar-refractivity contribution in [2.45, 2.75) is 71.5 Å². The van der Waals surface area contributed by atoms with Gasteiger partial charge >= 0.3 is 0 Å². The van der Waals surface area contributed by atoms with E-state index in [9.17, 15) is 15.0 Å². The Balaban J connectivity index is 1.78. The third kappa shape index (κ3) is 1.87. The fourth-order valence-corrected chi connectivity index (χ4v) is 6.97. The number of ketones is 1. The molecule has 4 aliphatic rings. The third-order valence-corrected chi connectivity index (χ3v) is 8.55. The first kappa shape index (κ1) is 15.8. The molecule has 0 aromatic heterocycles. The van der Waals surface area contributed by atoms with Crippen molar-refractivity contribution in [3.8, 4) is 0 Å². The minimum atomic E-state index is -0.379. The van der Waals surface area contributed by atoms with Crippen molar-refractivity contribution in [3.05, 3.63) is 11.6 Å². The fraction of sp³-hybridized carbons (Fsp3) is 0.850. The van der Waals surface area contributed by atoms with Gasteiger partial charge in [0.1, 0.15) is 0 Å². The van der Waals surface area contributed by atoms with E-state index in [4.69, 9.17) is 0 Å². The van der Waals surface area contributed by atoms with E-state index in [0.717, 1.165) is 32.1 Å². The average Bonchev–Trinajstić information content (AvgIpc) is 2.82. The number of aliphatic hydroxyl groups excluding tert-OH is 2. The summed E-state index contributed by atoms with van der Waals surface area (Å²) in [5.41, 5.74) is 1.10. The normalized spacial score (nSPS) is 55.7. The molecule has 8 unspecified atom stereocenters. The van der Waals surface area contributed by atoms with Gasteiger partial charge in [-0.15, -0.1) is 0 Å². The number of carbonyl (C=O) groups is 1. The van der Waals surface area contributed by atoms with Crippen molar-refractivity contribution in [3.63, 3.8) is 0 Å². The van der Waals surface area contributed by atoms with E-state index < -0.39 is 0 Å². The van der Waals surface area contributed by atoms with Crippen LogP contribution < -0.4 is 0 Å². The summed E-state index contributed by atoms with van der Waals surface area (Å²) in [5.74, 6) is 1.61. The molecular weight excluding hydrogens is 288 g/mol. The lowest BCUT2D eigenvalue weighted by Crippen LogP contribution is -2.61. The van der Waals surface area contributed by atoms with Gasteiger partial charge in [0.2, 0.25) is 0 Å². The first-order chi connectivity index (χ1) is 10.8. The van der Waals surface area contributed by atoms with Crippen molar-refractivity contribution < 1.29 is 15.0 Å². The average molecular weight is 318 g/mol. The van der Waals surface area contributed by atoms with Gasteiger partial charge in [0.25, 0.3) is 0 Å². The molecule has 128 valence electrons. The van der Waals surface area contributed by atoms with Crippen LogP contribution in [-0.4, -0.2) is 28.2 Å². The highest BCUT2D eigenvalue weighted by molar-refractivity contribution is 5.91. The first-order valence-corrected chi connectivity index (χ1v) is 9.40. The number of allylic oxidation sites excluding steroid dienone is 1. The number of rotatable bonds is 0. The number of carbonyl (C=O) groups excluding carboxylic acids is 1. The van der Waals surface area contributed by atoms with Crippen LogP contribution in [0.15, 0.2) is 11.6 Å². The summed E-state index contributed by atoms with van der Waals surface area (Å²) in [7, 11) is 0. The third-order valence-electron chi connectivity index (χ3n) is 8.55. The summed E-state index contributed by atoms with van der Waals surface area (Å²) in [4.78, 5) is 11.9. The molecule has 3 fully saturated rings. The smallest absolute Gasteiger partial charge is 0.155 e. The maximum absolute atomic E-state index is 11.9. The van der Waals surface area contributed by atoms with E-state index >= 15 is 0 Å². The lowest BCUT2D eigenvalue weighted by molar-refractivity contribution is -0.176. The zero-order valence-corrected chi connectivity index (χ0v) is 14.6. The van der Waals surface area contributed by atoms with E-state index in [0.29, 0.717) is 18.3 Å². The Hall–Kier alpha value is -0.670. The summed E-state index contributed by atoms with van der Waals surface area (Å²) < 4.78 is 0. The summed E-state index contributed by atoms with van der Waals surface area (Å²) in [5, 5.41) is 21.9. The Kier molecular flexibility index (Phi) is 3.39. The zero-order chi connectivity index (χ0) is 16.6. The number of hydrogen-bond acceptors (Lipinski definition) is 3. The highest BCUT2D eigenvalue weighted by atomic mass is 16.3. The minimum Gasteiger partial charge on any atom is -0.393 e. The topological polar surface area (TPSA) is 57.5 Å². The van der Waals surface area contributed by atoms with Crippen LogP contribution in [0.2, 0.25) is 0 Å². The molecule has 4 rings (SSSR count). The molecule has 0 spiro atoms. The molecule has 8 atom stereocenters. The van der Waals surface area contributed by atoms with Gasteiger partial charge in [-0.1, -0.05) is 26.3 Å². The van der Waals surface area contributed by atoms with Crippen molar-refractivity contribution >= 4 is 5.78 Å². The highest BCUT2D eigenvalue weighted by Crippen LogP contribution is 2.66. The van der Waals surface area contributed by atoms with E-state index in [1.807, 2.05) is 6.08 Å². The molecule has 0 aliphatic heterocycles. The molecule has 0 bridgehead atoms. The second-order valence-corrected chi connectivity index (χ2v) is 9.13. The summed E-state index contributed by atoms with van der Waals surface area (Å²) in [6.45, 7) is 6.63. The summed E-state index contributed by atoms with van der Waals surface area (Å²) in [6.07, 6.45) is 6.75. The standard InChI is InChI=1S/C20H30O3/c1-11-18(23)17-14(15-6-7-16(22)20(11,15)3)5-4-12-10-13(21)8-9-19(12,17)2/h10-11,14-18,22-23H,4-9H2,1-3H3. The molecule has 0 saturated heterocycles. The Labute approximate surface area is 139 Å². The van der Waals surface area contributed by atoms with Gasteiger partial charge in [-0.25, -0.2) is 0 Å². The molecule has 2 N–H and O–H groups in total. The van der Waals surface area contributed by atoms with E-state index in [-0.39, 0.29) is 40.7 Å². The van der Waals surface area contributed by atoms with E-state index in [1.165, 1.54) is 5.57 Å². The summed E-state index contributed by atoms with van der Waals surface area (Å²) in [6, 6.07) is 0. The molecule has 0 amide bonds. The van der Waals surface area contributed by atoms with Gasteiger partial charge in [0.15, 0.2) is 5.78 Å². The van der Waals surface area contributed by atoms with Crippen LogP contribution in [0.5, 0.6) is 0 Å². The number of fused-ring (bicyclic) bond motifs is 5. The van der Waals surface area contributed by atoms with Gasteiger partial charge in [0.05, 0.1) is 12.2 Å². The number of aliphatic hydroxyl groups is 2. The molecule has 0 aromatic carbocycles. The van der Waals surface area contributed by atoms with Crippen LogP contribution in [0.4, 0.5) is 0 Å². The molecule has 0 heterocycles. The Morgan fingerprint density at radius 2 is 1.87 bits per heavy atom. The largest absolute Gasteiger partial charge is 0.393 e. The maximum Gasteiger partial charge on any atom is 0.155 e. The maximum atomic E-state index is 11.9. The monoisotopic (exact) mass is 318 g/mol. The molecule has 3 saturated carbocycles. The van der Waals surface area contributed by atoms with Crippen LogP contribution in [0.3, 0.4) is 0 Å². The SMILES string of the molecule is CC1C(O)C2C(CCC3=CC(=O)CCC32C)C2CCC(O)C12C. The van der Waals surface area contributed by atoms with Gasteiger partial charge in [-0.05, 0) is 67.3 Å². The van der Waals surface area contributed by atoms with E-state index in [2.05, 4.69) is 20.8 Å². The van der Waals surface area contributed by atoms with Crippen molar-refractivity contribution in [2.24, 2.45) is 34.5 Å². The fourth-order valence-electron chi connectivity index (χ4n) is 6.97. The molecule has 0 aromatic rings. The molecule has 3 nitrogen and oxygen atoms in total. The highest BCUT2D eigenvalue weighted by Gasteiger charge is 2.64. The number of hydrogen-bond donors (Lipinski definition) is 2. The van der Waals surface area contributed by atoms with Gasteiger partial charge in [-0.3, -0.25) is 4.79 Å². The van der Waals surface area contributed by atoms with Crippen LogP contribution in [0.1, 0.15) is 59.3 Å². The Bertz CT molecular complexity index is 567. The Morgan fingerprint density at radius 1 is 1.13 bits per heavy atom. The van der Waals surface area contributed by atoms with Crippen molar-refractivity contribution in [1.29, 1.82) is 0 Å². The van der Waals surface area contributed by atoms with Crippen LogP contribution in [-0.2, 0) is 4.79 Å². The van der Waals surface area contributed by atoms with Gasteiger partial charge < -0.3 is 10.2 Å². The lowest BCUT2D eigenvalue weighted by atomic mass is 9.44. The molecule has 23 heavy (non-hydrogen) atoms. The van der Waals surface area contributed by atoms with Crippen LogP contribution >= 0.6 is 0 Å². The second kappa shape index (κ2) is 4.92. The Morgan fingerprint density at radius 3 is 2.61 bits per heavy atom. The van der Waals surface area contributed by atoms with Crippen molar-refractivity contribution in [1.82, 2.24) is 0 Å². The van der Waals surface area contributed by atoms with Crippen LogP contribution in [0.25, 0.3) is 0 Å². The molecule has 4 aliphatic carbocycles. The van der Waals surface area contributed by atoms with Crippen molar-refractivity contribution in [2.75, 3.05) is 0 Å². The minimum absolute atomic E-state index is 0.0284. The van der Waals surface area contributed by atoms with Gasteiger partial charge in [-0.2, -0.15) is 0 Å². The predicted molar refractivity (Wildman–Crippen MR) is 88.7 cm³/mol. The quantitative estimate of drug-likeness (QED) is 0.721. The second-order valence-electron chi connectivity index (χ2n) is 9.13. The zero-order valence-electron chi connectivity index (χ0n) is 14.6. The molecule has 3 heteroatoms. The predicted octanol–water partition coefficient (Wildman–Crippen LogP) is 3.10. The molecule has 0 radical (unpaired) electrons. The van der Waals surface area contributed by atoms with E-state index in [1.54, 1.807) is 0 Å².